The molecule has 0 radical (unpaired) electrons. The third-order valence-electron chi connectivity index (χ3n) is 16.1. The van der Waals surface area contributed by atoms with Gasteiger partial charge in [0.15, 0.2) is 0 Å². The van der Waals surface area contributed by atoms with Crippen LogP contribution >= 0.6 is 0 Å². The Morgan fingerprint density at radius 1 is 0.297 bits per heavy atom. The highest BCUT2D eigenvalue weighted by Gasteiger charge is 2.32. The molecule has 0 aromatic rings. The van der Waals surface area contributed by atoms with E-state index >= 15 is 0 Å². The lowest BCUT2D eigenvalue weighted by atomic mass is 9.88. The van der Waals surface area contributed by atoms with Crippen LogP contribution in [-0.2, 0) is 43.0 Å². The monoisotopic (exact) mass is 1460 g/mol. The first-order chi connectivity index (χ1) is 48.7. The summed E-state index contributed by atoms with van der Waals surface area (Å²) in [5.41, 5.74) is 68.4. The number of hydrogen-bond acceptors (Lipinski definition) is 33. The first-order valence-electron chi connectivity index (χ1n) is 36.0. The zero-order valence-electron chi connectivity index (χ0n) is 61.3. The molecule has 39 nitrogen and oxygen atoms in total. The summed E-state index contributed by atoms with van der Waals surface area (Å²) >= 11 is 0. The zero-order valence-corrected chi connectivity index (χ0v) is 61.3. The number of aliphatic hydroxyl groups excluding tert-OH is 3. The Labute approximate surface area is 601 Å². The summed E-state index contributed by atoms with van der Waals surface area (Å²) in [6, 6.07) is 0. The molecule has 0 aliphatic heterocycles. The molecule has 0 saturated heterocycles. The van der Waals surface area contributed by atoms with Gasteiger partial charge in [0.1, 0.15) is 0 Å². The summed E-state index contributed by atoms with van der Waals surface area (Å²) in [6.07, 6.45) is -3.40. The molecule has 0 aliphatic rings. The summed E-state index contributed by atoms with van der Waals surface area (Å²) in [6.45, 7) is 14.3. The predicted octanol–water partition coefficient (Wildman–Crippen LogP) is -14.6. The maximum atomic E-state index is 13.5. The van der Waals surface area contributed by atoms with Gasteiger partial charge in [-0.3, -0.25) is 72.9 Å². The van der Waals surface area contributed by atoms with Crippen molar-refractivity contribution in [3.8, 4) is 0 Å². The summed E-state index contributed by atoms with van der Waals surface area (Å²) in [5.74, 6) is -2.36. The topological polar surface area (TPSA) is 604 Å². The molecule has 3 unspecified atom stereocenters. The van der Waals surface area contributed by atoms with Gasteiger partial charge in [-0.25, -0.2) is 0 Å². The van der Waals surface area contributed by atoms with Crippen LogP contribution in [0.1, 0.15) is 13.3 Å². The number of nitrogens with zero attached hydrogens (tertiary/aromatic N) is 9. The minimum Gasteiger partial charge on any atom is -0.389 e. The Morgan fingerprint density at radius 2 is 0.485 bits per heavy atom. The average molecular weight is 1460 g/mol. The van der Waals surface area contributed by atoms with E-state index in [-0.39, 0.29) is 162 Å². The number of aliphatic hydroxyl groups is 3. The van der Waals surface area contributed by atoms with E-state index in [1.807, 2.05) is 36.3 Å². The molecular formula is C62H141N27O12. The van der Waals surface area contributed by atoms with E-state index in [9.17, 15) is 44.1 Å². The van der Waals surface area contributed by atoms with Crippen LogP contribution in [0.5, 0.6) is 0 Å². The van der Waals surface area contributed by atoms with Gasteiger partial charge in [0.25, 0.3) is 0 Å². The fraction of sp³-hybridized carbons (Fsp3) is 0.903. The van der Waals surface area contributed by atoms with Crippen LogP contribution < -0.4 is 101 Å². The second-order valence-corrected chi connectivity index (χ2v) is 25.2. The largest absolute Gasteiger partial charge is 0.389 e. The molecule has 3 atom stereocenters. The highest BCUT2D eigenvalue weighted by Crippen LogP contribution is 2.25. The Kier molecular flexibility index (Phi) is 61.4. The van der Waals surface area contributed by atoms with Crippen molar-refractivity contribution < 1.29 is 58.3 Å². The van der Waals surface area contributed by atoms with Crippen molar-refractivity contribution >= 4 is 35.4 Å². The Hall–Kier alpha value is -4.26. The SMILES string of the molecule is CCC(COCC(O)CN(CC(=O)NCCN(CCN)CCN)CC(=O)NCCN(CCN)CCN)(COCC(O)CN(CC(=O)NCCN(CCN)CCN)CC(=O)NCCN(CCN)CCN)COCC(O)CN(CC(=O)NCCN(CCN)CCN)CC(=O)NCN(CCN)CCN. The predicted molar refractivity (Wildman–Crippen MR) is 393 cm³/mol. The first kappa shape index (κ1) is 96.7. The van der Waals surface area contributed by atoms with Crippen LogP contribution in [0.15, 0.2) is 0 Å². The average Bonchev–Trinajstić information content (AvgIpc) is 0.879. The lowest BCUT2D eigenvalue weighted by molar-refractivity contribution is -0.127. The van der Waals surface area contributed by atoms with Crippen molar-refractivity contribution in [3.63, 3.8) is 0 Å². The van der Waals surface area contributed by atoms with Crippen LogP contribution in [-0.4, -0.2) is 441 Å². The molecule has 596 valence electrons. The molecule has 0 heterocycles. The molecule has 0 saturated carbocycles. The number of carbonyl (C=O) groups excluding carboxylic acids is 6. The standard InChI is InChI=1S/C62H141N27O12/c1-2-62(51-101-48-55(92)39-89(45-61(98)80-52-86(30-13-73)31-14-74)44-60(97)79-19-36-85(28-11-71)29-12-72,49-99-46-53(90)37-87(40-56(93)75-15-32-81(20-3-63)21-4-64)41-57(94)76-16-33-82(22-5-65)23-6-66)50-100-47-54(91)38-88(42-58(95)77-17-34-83(24-7-67)25-8-68)43-59(96)78-18-35-84(26-9-69)27-10-70/h53-55,90-92H,2-52,63-74H2,1H3,(H,75,93)(H,76,94)(H,77,95)(H,78,96)(H,79,97)(H,80,98). The molecule has 0 fully saturated rings. The summed E-state index contributed by atoms with van der Waals surface area (Å²) in [5, 5.41) is 52.2. The lowest BCUT2D eigenvalue weighted by Gasteiger charge is -2.34. The molecule has 0 spiro atoms. The van der Waals surface area contributed by atoms with Crippen molar-refractivity contribution in [3.05, 3.63) is 0 Å². The Morgan fingerprint density at radius 3 is 0.673 bits per heavy atom. The molecule has 0 aliphatic carbocycles. The maximum Gasteiger partial charge on any atom is 0.235 e. The number of nitrogens with two attached hydrogens (primary N) is 12. The van der Waals surface area contributed by atoms with Gasteiger partial charge in [-0.2, -0.15) is 0 Å². The van der Waals surface area contributed by atoms with Gasteiger partial charge in [0.2, 0.25) is 35.4 Å². The number of nitrogens with one attached hydrogen (secondary N) is 6. The zero-order chi connectivity index (χ0) is 75.3. The van der Waals surface area contributed by atoms with Crippen LogP contribution in [0.2, 0.25) is 0 Å². The van der Waals surface area contributed by atoms with Gasteiger partial charge in [-0.15, -0.1) is 0 Å². The summed E-state index contributed by atoms with van der Waals surface area (Å²) in [7, 11) is 0. The fourth-order valence-corrected chi connectivity index (χ4v) is 10.9. The van der Waals surface area contributed by atoms with Crippen molar-refractivity contribution in [2.24, 2.45) is 74.2 Å². The van der Waals surface area contributed by atoms with Gasteiger partial charge in [-0.1, -0.05) is 6.92 Å². The molecule has 0 rings (SSSR count). The molecule has 6 amide bonds. The van der Waals surface area contributed by atoms with Gasteiger partial charge in [0.05, 0.1) is 104 Å². The molecule has 33 N–H and O–H groups in total. The van der Waals surface area contributed by atoms with E-state index in [0.717, 1.165) is 0 Å². The van der Waals surface area contributed by atoms with E-state index in [1.54, 1.807) is 0 Å². The number of ether oxygens (including phenoxy) is 3. The van der Waals surface area contributed by atoms with Gasteiger partial charge in [0, 0.05) is 248 Å². The number of carbonyl (C=O) groups is 6. The van der Waals surface area contributed by atoms with E-state index in [2.05, 4.69) is 31.9 Å². The highest BCUT2D eigenvalue weighted by atomic mass is 16.5. The first-order valence-corrected chi connectivity index (χ1v) is 36.0. The number of amides is 6. The number of rotatable bonds is 72. The molecule has 0 aromatic heterocycles. The quantitative estimate of drug-likeness (QED) is 0.0251. The molecule has 0 aromatic carbocycles. The van der Waals surface area contributed by atoms with Gasteiger partial charge < -0.3 is 130 Å². The van der Waals surface area contributed by atoms with Gasteiger partial charge in [-0.05, 0) is 6.42 Å². The lowest BCUT2D eigenvalue weighted by Crippen LogP contribution is -2.49. The maximum absolute atomic E-state index is 13.5. The molecule has 39 heteroatoms. The van der Waals surface area contributed by atoms with Crippen molar-refractivity contribution in [2.45, 2.75) is 31.7 Å². The van der Waals surface area contributed by atoms with Crippen LogP contribution in [0, 0.1) is 5.41 Å². The van der Waals surface area contributed by atoms with E-state index in [4.69, 9.17) is 83.0 Å². The van der Waals surface area contributed by atoms with Crippen molar-refractivity contribution in [1.29, 1.82) is 0 Å². The molecule has 0 bridgehead atoms. The second-order valence-electron chi connectivity index (χ2n) is 25.2. The van der Waals surface area contributed by atoms with Crippen molar-refractivity contribution in [2.75, 3.05) is 328 Å². The van der Waals surface area contributed by atoms with Crippen LogP contribution in [0.4, 0.5) is 0 Å². The van der Waals surface area contributed by atoms with Crippen LogP contribution in [0.3, 0.4) is 0 Å². The van der Waals surface area contributed by atoms with Crippen molar-refractivity contribution in [1.82, 2.24) is 76.0 Å². The Balaban J connectivity index is 6.99. The molecule has 101 heavy (non-hydrogen) atoms. The second kappa shape index (κ2) is 64.1. The minimum absolute atomic E-state index is 0.113. The third kappa shape index (κ3) is 52.4. The highest BCUT2D eigenvalue weighted by molar-refractivity contribution is 5.82. The fourth-order valence-electron chi connectivity index (χ4n) is 10.9. The Bertz CT molecular complexity index is 1870. The van der Waals surface area contributed by atoms with E-state index < -0.39 is 35.5 Å². The number of hydrogen-bond donors (Lipinski definition) is 21. The van der Waals surface area contributed by atoms with E-state index in [0.29, 0.717) is 196 Å². The minimum atomic E-state index is -1.25. The van der Waals surface area contributed by atoms with Crippen LogP contribution in [0.25, 0.3) is 0 Å². The smallest absolute Gasteiger partial charge is 0.235 e. The summed E-state index contributed by atoms with van der Waals surface area (Å²) in [4.78, 5) is 97.3. The molecular weight excluding hydrogens is 1310 g/mol. The normalized spacial score (nSPS) is 13.5. The third-order valence-corrected chi connectivity index (χ3v) is 16.1. The summed E-state index contributed by atoms with van der Waals surface area (Å²) < 4.78 is 18.8. The van der Waals surface area contributed by atoms with E-state index in [1.165, 1.54) is 14.7 Å². The van der Waals surface area contributed by atoms with Gasteiger partial charge >= 0.3 is 0 Å².